The number of ketones is 1. The van der Waals surface area contributed by atoms with Crippen LogP contribution < -0.4 is 0 Å². The van der Waals surface area contributed by atoms with Gasteiger partial charge in [0.05, 0.1) is 18.9 Å². The Morgan fingerprint density at radius 3 is 2.93 bits per heavy atom. The van der Waals surface area contributed by atoms with Gasteiger partial charge in [-0.25, -0.2) is 10.1 Å². The number of carbonyl (C=O) groups is 1. The summed E-state index contributed by atoms with van der Waals surface area (Å²) in [5.74, 6) is -0.220. The predicted molar refractivity (Wildman–Crippen MR) is 46.6 cm³/mol. The lowest BCUT2D eigenvalue weighted by atomic mass is 10.0. The highest BCUT2D eigenvalue weighted by Gasteiger charge is 2.55. The molecule has 2 unspecified atom stereocenters. The van der Waals surface area contributed by atoms with Crippen LogP contribution in [-0.4, -0.2) is 10.9 Å². The van der Waals surface area contributed by atoms with Crippen molar-refractivity contribution in [1.82, 2.24) is 0 Å². The molecule has 2 aliphatic carbocycles. The number of fused-ring (bicyclic) bond motifs is 1. The molecule has 0 spiro atoms. The zero-order valence-electron chi connectivity index (χ0n) is 7.19. The number of aliphatic hydroxyl groups excluding tert-OH is 1. The van der Waals surface area contributed by atoms with Gasteiger partial charge in [0.2, 0.25) is 0 Å². The number of rotatable bonds is 0. The zero-order chi connectivity index (χ0) is 10.3. The third kappa shape index (κ3) is 0.884. The molecule has 0 radical (unpaired) electrons. The van der Waals surface area contributed by atoms with Gasteiger partial charge in [-0.2, -0.15) is 0 Å². The molecule has 0 saturated heterocycles. The van der Waals surface area contributed by atoms with Crippen LogP contribution in [0.15, 0.2) is 23.1 Å². The van der Waals surface area contributed by atoms with Crippen LogP contribution >= 0.6 is 0 Å². The fourth-order valence-corrected chi connectivity index (χ4v) is 1.92. The van der Waals surface area contributed by atoms with Gasteiger partial charge in [-0.15, -0.1) is 0 Å². The Hall–Kier alpha value is -2.07. The molecule has 2 saturated carbocycles. The smallest absolute Gasteiger partial charge is 0.266 e. The second kappa shape index (κ2) is 2.71. The highest BCUT2D eigenvalue weighted by molar-refractivity contribution is 6.08. The maximum atomic E-state index is 11.4. The number of aliphatic hydroxyl groups is 1. The van der Waals surface area contributed by atoms with Crippen molar-refractivity contribution in [1.29, 1.82) is 5.26 Å². The monoisotopic (exact) mass is 186 g/mol. The lowest BCUT2D eigenvalue weighted by Crippen LogP contribution is -2.01. The van der Waals surface area contributed by atoms with E-state index in [-0.39, 0.29) is 28.9 Å². The molecule has 0 aromatic rings. The van der Waals surface area contributed by atoms with E-state index in [1.807, 2.05) is 0 Å². The number of hydrogen-bond donors (Lipinski definition) is 1. The molecule has 4 nitrogen and oxygen atoms in total. The molecule has 2 fully saturated rings. The van der Waals surface area contributed by atoms with Gasteiger partial charge in [0.25, 0.3) is 5.70 Å². The highest BCUT2D eigenvalue weighted by atomic mass is 16.2. The van der Waals surface area contributed by atoms with Crippen molar-refractivity contribution in [3.05, 3.63) is 34.5 Å². The third-order valence-corrected chi connectivity index (χ3v) is 2.66. The van der Waals surface area contributed by atoms with Gasteiger partial charge in [-0.05, 0) is 17.9 Å². The summed E-state index contributed by atoms with van der Waals surface area (Å²) in [5, 5.41) is 17.5. The highest BCUT2D eigenvalue weighted by Crippen LogP contribution is 2.56. The van der Waals surface area contributed by atoms with Crippen molar-refractivity contribution >= 4 is 5.78 Å². The van der Waals surface area contributed by atoms with Crippen LogP contribution in [0.1, 0.15) is 6.42 Å². The maximum Gasteiger partial charge on any atom is 0.266 e. The van der Waals surface area contributed by atoms with E-state index in [1.54, 1.807) is 6.07 Å². The van der Waals surface area contributed by atoms with Crippen molar-refractivity contribution in [2.45, 2.75) is 6.42 Å². The topological polar surface area (TPSA) is 65.4 Å². The van der Waals surface area contributed by atoms with Gasteiger partial charge in [0.1, 0.15) is 0 Å². The van der Waals surface area contributed by atoms with Gasteiger partial charge in [0.15, 0.2) is 5.78 Å². The maximum absolute atomic E-state index is 11.4. The van der Waals surface area contributed by atoms with E-state index in [9.17, 15) is 4.79 Å². The summed E-state index contributed by atoms with van der Waals surface area (Å²) in [7, 11) is 0. The molecule has 68 valence electrons. The fourth-order valence-electron chi connectivity index (χ4n) is 1.92. The average Bonchev–Trinajstić information content (AvgIpc) is 2.92. The molecule has 0 bridgehead atoms. The number of carbonyl (C=O) groups excluding carboxylic acids is 1. The molecule has 0 aromatic carbocycles. The first-order valence-corrected chi connectivity index (χ1v) is 4.15. The summed E-state index contributed by atoms with van der Waals surface area (Å²) in [5.41, 5.74) is 0.530. The van der Waals surface area contributed by atoms with Crippen LogP contribution in [0, 0.1) is 29.7 Å². The first-order valence-electron chi connectivity index (χ1n) is 4.15. The van der Waals surface area contributed by atoms with Crippen LogP contribution in [0.25, 0.3) is 4.85 Å². The molecule has 2 rings (SSSR count). The van der Waals surface area contributed by atoms with E-state index in [0.717, 1.165) is 0 Å². The molecule has 2 aliphatic rings. The Balaban J connectivity index is 2.58. The van der Waals surface area contributed by atoms with Gasteiger partial charge >= 0.3 is 0 Å². The van der Waals surface area contributed by atoms with Crippen LogP contribution in [0.5, 0.6) is 0 Å². The van der Waals surface area contributed by atoms with E-state index in [2.05, 4.69) is 4.85 Å². The van der Waals surface area contributed by atoms with Crippen molar-refractivity contribution in [3.8, 4) is 6.07 Å². The first kappa shape index (κ1) is 8.52. The summed E-state index contributed by atoms with van der Waals surface area (Å²) >= 11 is 0. The molecule has 0 heterocycles. The Labute approximate surface area is 80.6 Å². The largest absolute Gasteiger partial charge is 0.515 e. The molecule has 2 atom stereocenters. The summed E-state index contributed by atoms with van der Waals surface area (Å²) in [4.78, 5) is 14.5. The second-order valence-electron chi connectivity index (χ2n) is 3.34. The fraction of sp³-hybridized carbons (Fsp3) is 0.300. The number of allylic oxidation sites excluding steroid dienone is 3. The Morgan fingerprint density at radius 2 is 2.43 bits per heavy atom. The molecule has 1 N–H and O–H groups in total. The minimum atomic E-state index is -0.135. The normalized spacial score (nSPS) is 34.7. The number of nitrogens with zero attached hydrogens (tertiary/aromatic N) is 2. The van der Waals surface area contributed by atoms with Crippen molar-refractivity contribution in [2.24, 2.45) is 11.8 Å². The molecule has 0 aromatic heterocycles. The lowest BCUT2D eigenvalue weighted by Gasteiger charge is -2.01. The van der Waals surface area contributed by atoms with Crippen molar-refractivity contribution in [2.75, 3.05) is 0 Å². The minimum absolute atomic E-state index is 0.00431. The van der Waals surface area contributed by atoms with Crippen molar-refractivity contribution in [3.63, 3.8) is 0 Å². The van der Waals surface area contributed by atoms with E-state index < -0.39 is 0 Å². The van der Waals surface area contributed by atoms with E-state index >= 15 is 0 Å². The number of hydrogen-bond acceptors (Lipinski definition) is 3. The zero-order valence-corrected chi connectivity index (χ0v) is 7.19. The van der Waals surface area contributed by atoms with E-state index in [1.165, 1.54) is 0 Å². The van der Waals surface area contributed by atoms with Gasteiger partial charge in [0, 0.05) is 11.5 Å². The van der Waals surface area contributed by atoms with Crippen LogP contribution in [0.3, 0.4) is 0 Å². The SMILES string of the molecule is [C-]#[N+]/C(C#N)=C1/C(=C/O)C(=O)C2CC12. The predicted octanol–water partition coefficient (Wildman–Crippen LogP) is 1.34. The molecule has 4 heteroatoms. The Kier molecular flexibility index (Phi) is 1.65. The van der Waals surface area contributed by atoms with E-state index in [0.29, 0.717) is 18.3 Å². The quantitative estimate of drug-likeness (QED) is 0.269. The van der Waals surface area contributed by atoms with Crippen LogP contribution in [0.2, 0.25) is 0 Å². The molecular weight excluding hydrogens is 180 g/mol. The second-order valence-corrected chi connectivity index (χ2v) is 3.34. The molecule has 14 heavy (non-hydrogen) atoms. The first-order chi connectivity index (χ1) is 6.74. The third-order valence-electron chi connectivity index (χ3n) is 2.66. The average molecular weight is 186 g/mol. The summed E-state index contributed by atoms with van der Waals surface area (Å²) in [6.07, 6.45) is 1.43. The summed E-state index contributed by atoms with van der Waals surface area (Å²) < 4.78 is 0. The molecule has 0 amide bonds. The van der Waals surface area contributed by atoms with Gasteiger partial charge < -0.3 is 5.11 Å². The molecular formula is C10H6N2O2. The van der Waals surface area contributed by atoms with Gasteiger partial charge in [-0.3, -0.25) is 4.79 Å². The number of nitriles is 1. The summed E-state index contributed by atoms with van der Waals surface area (Å²) in [6.45, 7) is 6.79. The van der Waals surface area contributed by atoms with Crippen LogP contribution in [-0.2, 0) is 4.79 Å². The van der Waals surface area contributed by atoms with Gasteiger partial charge in [-0.1, -0.05) is 0 Å². The number of Topliss-reactive ketones (excluding diaryl/α,β-unsaturated/α-hetero) is 1. The summed E-state index contributed by atoms with van der Waals surface area (Å²) in [6, 6.07) is 1.76. The van der Waals surface area contributed by atoms with Crippen LogP contribution in [0.4, 0.5) is 0 Å². The Bertz CT molecular complexity index is 443. The Morgan fingerprint density at radius 1 is 1.71 bits per heavy atom. The minimum Gasteiger partial charge on any atom is -0.515 e. The molecule has 0 aliphatic heterocycles. The van der Waals surface area contributed by atoms with Crippen molar-refractivity contribution < 1.29 is 9.90 Å². The van der Waals surface area contributed by atoms with E-state index in [4.69, 9.17) is 16.9 Å². The standard InChI is InChI=1S/C10H6N2O2/c1-12-8(3-11)9-5-2-6(5)10(14)7(9)4-13/h4-6,13H,2H2/b7-4-,9-8+. The lowest BCUT2D eigenvalue weighted by molar-refractivity contribution is -0.116.